The van der Waals surface area contributed by atoms with E-state index in [1.54, 1.807) is 13.0 Å². The van der Waals surface area contributed by atoms with Gasteiger partial charge < -0.3 is 10.5 Å². The van der Waals surface area contributed by atoms with Crippen molar-refractivity contribution in [3.05, 3.63) is 34.1 Å². The van der Waals surface area contributed by atoms with Gasteiger partial charge in [-0.2, -0.15) is 0 Å². The number of esters is 1. The largest absolute Gasteiger partial charge is 0.469 e. The molecular weight excluding hydrogens is 233 g/mol. The number of nitrogens with two attached hydrogens (primary N) is 1. The maximum atomic E-state index is 13.5. The molecule has 1 atom stereocenters. The Kier molecular flexibility index (Phi) is 4.26. The highest BCUT2D eigenvalue weighted by molar-refractivity contribution is 6.32. The van der Waals surface area contributed by atoms with Crippen LogP contribution in [0.5, 0.6) is 0 Å². The van der Waals surface area contributed by atoms with Crippen LogP contribution in [0.2, 0.25) is 5.02 Å². The zero-order valence-electron chi connectivity index (χ0n) is 9.09. The Morgan fingerprint density at radius 1 is 1.62 bits per heavy atom. The van der Waals surface area contributed by atoms with Crippen molar-refractivity contribution in [3.63, 3.8) is 0 Å². The minimum absolute atomic E-state index is 0.101. The van der Waals surface area contributed by atoms with Gasteiger partial charge in [0.05, 0.1) is 18.6 Å². The first-order valence-electron chi connectivity index (χ1n) is 4.74. The summed E-state index contributed by atoms with van der Waals surface area (Å²) >= 11 is 5.95. The molecule has 0 radical (unpaired) electrons. The molecule has 0 aliphatic rings. The van der Waals surface area contributed by atoms with E-state index in [2.05, 4.69) is 4.74 Å². The molecule has 0 amide bonds. The molecule has 16 heavy (non-hydrogen) atoms. The van der Waals surface area contributed by atoms with Crippen molar-refractivity contribution in [3.8, 4) is 0 Å². The van der Waals surface area contributed by atoms with Crippen LogP contribution in [-0.2, 0) is 9.53 Å². The van der Waals surface area contributed by atoms with E-state index in [1.807, 2.05) is 0 Å². The Balaban J connectivity index is 3.03. The van der Waals surface area contributed by atoms with E-state index in [0.717, 1.165) is 5.56 Å². The van der Waals surface area contributed by atoms with Crippen LogP contribution < -0.4 is 5.73 Å². The summed E-state index contributed by atoms with van der Waals surface area (Å²) in [4.78, 5) is 11.0. The summed E-state index contributed by atoms with van der Waals surface area (Å²) in [5.74, 6) is -1.00. The average Bonchev–Trinajstić information content (AvgIpc) is 2.24. The molecule has 1 aromatic rings. The van der Waals surface area contributed by atoms with Gasteiger partial charge in [-0.25, -0.2) is 4.39 Å². The lowest BCUT2D eigenvalue weighted by Crippen LogP contribution is -2.18. The van der Waals surface area contributed by atoms with Crippen LogP contribution in [0.15, 0.2) is 12.1 Å². The molecule has 1 rings (SSSR count). The van der Waals surface area contributed by atoms with Crippen molar-refractivity contribution in [1.82, 2.24) is 0 Å². The van der Waals surface area contributed by atoms with E-state index < -0.39 is 17.8 Å². The number of carbonyl (C=O) groups excluding carboxylic acids is 1. The van der Waals surface area contributed by atoms with Crippen LogP contribution in [0.25, 0.3) is 0 Å². The van der Waals surface area contributed by atoms with Crippen LogP contribution in [0.4, 0.5) is 4.39 Å². The molecule has 3 nitrogen and oxygen atoms in total. The Morgan fingerprint density at radius 2 is 2.25 bits per heavy atom. The highest BCUT2D eigenvalue weighted by atomic mass is 35.5. The van der Waals surface area contributed by atoms with Gasteiger partial charge in [0, 0.05) is 11.6 Å². The number of hydrogen-bond donors (Lipinski definition) is 1. The Hall–Kier alpha value is -1.13. The van der Waals surface area contributed by atoms with Gasteiger partial charge in [0.2, 0.25) is 0 Å². The van der Waals surface area contributed by atoms with Gasteiger partial charge in [0.25, 0.3) is 0 Å². The van der Waals surface area contributed by atoms with Gasteiger partial charge in [0.15, 0.2) is 0 Å². The second-order valence-electron chi connectivity index (χ2n) is 3.48. The number of halogens is 2. The SMILES string of the molecule is COC(=O)C[C@H](N)c1c(F)ccc(C)c1Cl. The quantitative estimate of drug-likeness (QED) is 0.832. The van der Waals surface area contributed by atoms with Crippen LogP contribution in [0.1, 0.15) is 23.6 Å². The molecule has 0 spiro atoms. The fourth-order valence-corrected chi connectivity index (χ4v) is 1.68. The number of benzene rings is 1. The van der Waals surface area contributed by atoms with Gasteiger partial charge in [-0.15, -0.1) is 0 Å². The smallest absolute Gasteiger partial charge is 0.307 e. The molecule has 5 heteroatoms. The van der Waals surface area contributed by atoms with Crippen molar-refractivity contribution >= 4 is 17.6 Å². The first-order chi connectivity index (χ1) is 7.47. The second kappa shape index (κ2) is 5.27. The summed E-state index contributed by atoms with van der Waals surface area (Å²) in [5, 5.41) is 0.261. The molecule has 0 saturated carbocycles. The Bertz CT molecular complexity index is 409. The third-order valence-corrected chi connectivity index (χ3v) is 2.81. The molecule has 0 aliphatic carbocycles. The topological polar surface area (TPSA) is 52.3 Å². The van der Waals surface area contributed by atoms with Gasteiger partial charge in [-0.05, 0) is 18.6 Å². The summed E-state index contributed by atoms with van der Waals surface area (Å²) in [7, 11) is 1.25. The third kappa shape index (κ3) is 2.71. The second-order valence-corrected chi connectivity index (χ2v) is 3.86. The van der Waals surface area contributed by atoms with Crippen molar-refractivity contribution < 1.29 is 13.9 Å². The Labute approximate surface area is 98.3 Å². The van der Waals surface area contributed by atoms with Gasteiger partial charge in [-0.3, -0.25) is 4.79 Å². The van der Waals surface area contributed by atoms with Gasteiger partial charge in [-0.1, -0.05) is 17.7 Å². The van der Waals surface area contributed by atoms with Crippen LogP contribution in [0, 0.1) is 12.7 Å². The molecule has 2 N–H and O–H groups in total. The summed E-state index contributed by atoms with van der Waals surface area (Å²) < 4.78 is 18.0. The van der Waals surface area contributed by atoms with E-state index in [0.29, 0.717) is 0 Å². The molecule has 1 aromatic carbocycles. The fourth-order valence-electron chi connectivity index (χ4n) is 1.38. The summed E-state index contributed by atoms with van der Waals surface area (Å²) in [6.07, 6.45) is -0.101. The zero-order chi connectivity index (χ0) is 12.3. The number of rotatable bonds is 3. The molecule has 0 aliphatic heterocycles. The number of hydrogen-bond acceptors (Lipinski definition) is 3. The van der Waals surface area contributed by atoms with E-state index in [1.165, 1.54) is 13.2 Å². The predicted octanol–water partition coefficient (Wildman–Crippen LogP) is 2.35. The summed E-state index contributed by atoms with van der Waals surface area (Å²) in [6.45, 7) is 1.75. The average molecular weight is 246 g/mol. The van der Waals surface area contributed by atoms with Crippen LogP contribution in [0.3, 0.4) is 0 Å². The monoisotopic (exact) mass is 245 g/mol. The maximum absolute atomic E-state index is 13.5. The molecule has 0 saturated heterocycles. The van der Waals surface area contributed by atoms with Crippen molar-refractivity contribution in [2.45, 2.75) is 19.4 Å². The highest BCUT2D eigenvalue weighted by Gasteiger charge is 2.19. The lowest BCUT2D eigenvalue weighted by atomic mass is 10.0. The van der Waals surface area contributed by atoms with Crippen molar-refractivity contribution in [1.29, 1.82) is 0 Å². The minimum atomic E-state index is -0.792. The molecule has 88 valence electrons. The first kappa shape index (κ1) is 12.9. The first-order valence-corrected chi connectivity index (χ1v) is 5.12. The molecule has 0 unspecified atom stereocenters. The molecule has 0 bridgehead atoms. The van der Waals surface area contributed by atoms with E-state index in [-0.39, 0.29) is 17.0 Å². The van der Waals surface area contributed by atoms with Crippen LogP contribution in [-0.4, -0.2) is 13.1 Å². The lowest BCUT2D eigenvalue weighted by molar-refractivity contribution is -0.141. The van der Waals surface area contributed by atoms with Crippen LogP contribution >= 0.6 is 11.6 Å². The summed E-state index contributed by atoms with van der Waals surface area (Å²) in [6, 6.07) is 2.06. The number of carbonyl (C=O) groups is 1. The third-order valence-electron chi connectivity index (χ3n) is 2.30. The molecule has 0 heterocycles. The standard InChI is InChI=1S/C11H13ClFNO2/c1-6-3-4-7(13)10(11(6)12)8(14)5-9(15)16-2/h3-4,8H,5,14H2,1-2H3/t8-/m0/s1. The fraction of sp³-hybridized carbons (Fsp3) is 0.364. The number of aryl methyl sites for hydroxylation is 1. The predicted molar refractivity (Wildman–Crippen MR) is 59.7 cm³/mol. The van der Waals surface area contributed by atoms with Gasteiger partial charge >= 0.3 is 5.97 Å². The molecule has 0 fully saturated rings. The van der Waals surface area contributed by atoms with E-state index in [4.69, 9.17) is 17.3 Å². The van der Waals surface area contributed by atoms with Crippen molar-refractivity contribution in [2.24, 2.45) is 5.73 Å². The Morgan fingerprint density at radius 3 is 2.81 bits per heavy atom. The number of methoxy groups -OCH3 is 1. The lowest BCUT2D eigenvalue weighted by Gasteiger charge is -2.14. The van der Waals surface area contributed by atoms with E-state index >= 15 is 0 Å². The normalized spacial score (nSPS) is 12.3. The number of ether oxygens (including phenoxy) is 1. The van der Waals surface area contributed by atoms with E-state index in [9.17, 15) is 9.18 Å². The zero-order valence-corrected chi connectivity index (χ0v) is 9.84. The molecular formula is C11H13ClFNO2. The van der Waals surface area contributed by atoms with Crippen molar-refractivity contribution in [2.75, 3.05) is 7.11 Å². The molecule has 0 aromatic heterocycles. The maximum Gasteiger partial charge on any atom is 0.307 e. The minimum Gasteiger partial charge on any atom is -0.469 e. The highest BCUT2D eigenvalue weighted by Crippen LogP contribution is 2.29. The van der Waals surface area contributed by atoms with Gasteiger partial charge in [0.1, 0.15) is 5.82 Å². The summed E-state index contributed by atoms with van der Waals surface area (Å²) in [5.41, 5.74) is 6.60.